The zero-order valence-corrected chi connectivity index (χ0v) is 11.2. The van der Waals surface area contributed by atoms with Gasteiger partial charge in [-0.05, 0) is 56.0 Å². The Kier molecular flexibility index (Phi) is 3.89. The molecule has 1 aromatic carbocycles. The molecule has 3 N–H and O–H groups in total. The average molecular weight is 262 g/mol. The van der Waals surface area contributed by atoms with Crippen LogP contribution < -0.4 is 20.5 Å². The Bertz CT molecular complexity index is 430. The van der Waals surface area contributed by atoms with E-state index in [9.17, 15) is 0 Å². The zero-order valence-electron chi connectivity index (χ0n) is 11.2. The van der Waals surface area contributed by atoms with Crippen LogP contribution in [-0.2, 0) is 0 Å². The highest BCUT2D eigenvalue weighted by Crippen LogP contribution is 2.33. The molecule has 104 valence electrons. The fourth-order valence-electron chi connectivity index (χ4n) is 2.91. The van der Waals surface area contributed by atoms with Crippen molar-refractivity contribution in [1.82, 2.24) is 5.32 Å². The van der Waals surface area contributed by atoms with Gasteiger partial charge in [0.2, 0.25) is 0 Å². The van der Waals surface area contributed by atoms with Gasteiger partial charge in [0.15, 0.2) is 11.5 Å². The Morgan fingerprint density at radius 2 is 2.11 bits per heavy atom. The minimum atomic E-state index is 0.0840. The Labute approximate surface area is 114 Å². The van der Waals surface area contributed by atoms with Crippen molar-refractivity contribution < 1.29 is 9.47 Å². The molecule has 19 heavy (non-hydrogen) atoms. The number of piperidine rings is 1. The van der Waals surface area contributed by atoms with Crippen LogP contribution in [-0.4, -0.2) is 26.3 Å². The molecule has 2 unspecified atom stereocenters. The minimum absolute atomic E-state index is 0.0840. The number of rotatable bonds is 3. The minimum Gasteiger partial charge on any atom is -0.486 e. The molecule has 1 saturated heterocycles. The van der Waals surface area contributed by atoms with Crippen LogP contribution in [0.3, 0.4) is 0 Å². The number of nitrogens with one attached hydrogen (secondary N) is 1. The molecule has 2 aliphatic heterocycles. The summed E-state index contributed by atoms with van der Waals surface area (Å²) in [6.07, 6.45) is 3.58. The van der Waals surface area contributed by atoms with Crippen LogP contribution in [0.2, 0.25) is 0 Å². The van der Waals surface area contributed by atoms with Crippen LogP contribution in [0.1, 0.15) is 30.9 Å². The summed E-state index contributed by atoms with van der Waals surface area (Å²) >= 11 is 0. The van der Waals surface area contributed by atoms with Crippen molar-refractivity contribution in [1.29, 1.82) is 0 Å². The molecular formula is C15H22N2O2. The number of benzene rings is 1. The van der Waals surface area contributed by atoms with Gasteiger partial charge in [0.1, 0.15) is 13.2 Å². The first-order valence-electron chi connectivity index (χ1n) is 7.19. The maximum absolute atomic E-state index is 6.33. The van der Waals surface area contributed by atoms with Crippen LogP contribution in [0.15, 0.2) is 18.2 Å². The maximum Gasteiger partial charge on any atom is 0.161 e. The third-order valence-corrected chi connectivity index (χ3v) is 3.98. The second-order valence-electron chi connectivity index (χ2n) is 5.46. The summed E-state index contributed by atoms with van der Waals surface area (Å²) in [4.78, 5) is 0. The molecule has 0 bridgehead atoms. The standard InChI is InChI=1S/C15H22N2O2/c16-13(8-11-2-1-5-17-10-11)12-3-4-14-15(9-12)19-7-6-18-14/h3-4,9,11,13,17H,1-2,5-8,10,16H2. The highest BCUT2D eigenvalue weighted by molar-refractivity contribution is 5.44. The highest BCUT2D eigenvalue weighted by Gasteiger charge is 2.19. The molecule has 0 spiro atoms. The van der Waals surface area contributed by atoms with Crippen molar-refractivity contribution in [2.24, 2.45) is 11.7 Å². The van der Waals surface area contributed by atoms with E-state index < -0.39 is 0 Å². The summed E-state index contributed by atoms with van der Waals surface area (Å²) in [7, 11) is 0. The van der Waals surface area contributed by atoms with Crippen molar-refractivity contribution in [3.63, 3.8) is 0 Å². The number of hydrogen-bond acceptors (Lipinski definition) is 4. The van der Waals surface area contributed by atoms with Gasteiger partial charge in [-0.2, -0.15) is 0 Å². The van der Waals surface area contributed by atoms with Crippen molar-refractivity contribution in [3.8, 4) is 11.5 Å². The Morgan fingerprint density at radius 3 is 2.89 bits per heavy atom. The van der Waals surface area contributed by atoms with Gasteiger partial charge in [-0.1, -0.05) is 6.07 Å². The van der Waals surface area contributed by atoms with Crippen LogP contribution >= 0.6 is 0 Å². The zero-order chi connectivity index (χ0) is 13.1. The first-order valence-corrected chi connectivity index (χ1v) is 7.19. The molecule has 4 heteroatoms. The molecule has 0 radical (unpaired) electrons. The second-order valence-corrected chi connectivity index (χ2v) is 5.46. The molecule has 0 saturated carbocycles. The van der Waals surface area contributed by atoms with Gasteiger partial charge in [0.05, 0.1) is 0 Å². The van der Waals surface area contributed by atoms with E-state index in [-0.39, 0.29) is 6.04 Å². The normalized spacial score (nSPS) is 23.9. The fourth-order valence-corrected chi connectivity index (χ4v) is 2.91. The Hall–Kier alpha value is -1.26. The summed E-state index contributed by atoms with van der Waals surface area (Å²) in [5.41, 5.74) is 7.48. The van der Waals surface area contributed by atoms with Crippen molar-refractivity contribution in [2.45, 2.75) is 25.3 Å². The van der Waals surface area contributed by atoms with E-state index in [0.29, 0.717) is 19.1 Å². The number of ether oxygens (including phenoxy) is 2. The van der Waals surface area contributed by atoms with Gasteiger partial charge in [-0.15, -0.1) is 0 Å². The smallest absolute Gasteiger partial charge is 0.161 e. The molecule has 0 aromatic heterocycles. The third-order valence-electron chi connectivity index (χ3n) is 3.98. The van der Waals surface area contributed by atoms with Crippen molar-refractivity contribution in [2.75, 3.05) is 26.3 Å². The van der Waals surface area contributed by atoms with Crippen molar-refractivity contribution >= 4 is 0 Å². The van der Waals surface area contributed by atoms with Crippen LogP contribution in [0, 0.1) is 5.92 Å². The lowest BCUT2D eigenvalue weighted by molar-refractivity contribution is 0.171. The third kappa shape index (κ3) is 3.01. The number of hydrogen-bond donors (Lipinski definition) is 2. The van der Waals surface area contributed by atoms with Gasteiger partial charge >= 0.3 is 0 Å². The predicted octanol–water partition coefficient (Wildman–Crippen LogP) is 1.85. The second kappa shape index (κ2) is 5.80. The highest BCUT2D eigenvalue weighted by atomic mass is 16.6. The largest absolute Gasteiger partial charge is 0.486 e. The molecule has 2 atom stereocenters. The predicted molar refractivity (Wildman–Crippen MR) is 74.6 cm³/mol. The molecule has 1 fully saturated rings. The van der Waals surface area contributed by atoms with Gasteiger partial charge < -0.3 is 20.5 Å². The molecule has 1 aromatic rings. The van der Waals surface area contributed by atoms with Crippen LogP contribution in [0.4, 0.5) is 0 Å². The van der Waals surface area contributed by atoms with Gasteiger partial charge in [-0.25, -0.2) is 0 Å². The summed E-state index contributed by atoms with van der Waals surface area (Å²) in [5, 5.41) is 3.44. The van der Waals surface area contributed by atoms with Crippen LogP contribution in [0.25, 0.3) is 0 Å². The quantitative estimate of drug-likeness (QED) is 0.873. The monoisotopic (exact) mass is 262 g/mol. The molecule has 3 rings (SSSR count). The molecule has 2 heterocycles. The first-order chi connectivity index (χ1) is 9.33. The SMILES string of the molecule is NC(CC1CCCNC1)c1ccc2c(c1)OCCO2. The van der Waals surface area contributed by atoms with E-state index in [1.54, 1.807) is 0 Å². The molecule has 2 aliphatic rings. The van der Waals surface area contributed by atoms with E-state index >= 15 is 0 Å². The fraction of sp³-hybridized carbons (Fsp3) is 0.600. The summed E-state index contributed by atoms with van der Waals surface area (Å²) in [6.45, 7) is 3.50. The van der Waals surface area contributed by atoms with Crippen molar-refractivity contribution in [3.05, 3.63) is 23.8 Å². The van der Waals surface area contributed by atoms with E-state index in [2.05, 4.69) is 11.4 Å². The lowest BCUT2D eigenvalue weighted by atomic mass is 9.90. The van der Waals surface area contributed by atoms with Gasteiger partial charge in [0.25, 0.3) is 0 Å². The summed E-state index contributed by atoms with van der Waals surface area (Å²) in [5.74, 6) is 2.36. The first kappa shape index (κ1) is 12.8. The Morgan fingerprint density at radius 1 is 1.26 bits per heavy atom. The van der Waals surface area contributed by atoms with Crippen LogP contribution in [0.5, 0.6) is 11.5 Å². The number of nitrogens with two attached hydrogens (primary N) is 1. The average Bonchev–Trinajstić information content (AvgIpc) is 2.48. The van der Waals surface area contributed by atoms with E-state index in [1.807, 2.05) is 12.1 Å². The van der Waals surface area contributed by atoms with Gasteiger partial charge in [0, 0.05) is 6.04 Å². The lowest BCUT2D eigenvalue weighted by Gasteiger charge is -2.26. The molecule has 0 amide bonds. The molecule has 0 aliphatic carbocycles. The van der Waals surface area contributed by atoms with E-state index in [0.717, 1.165) is 36.6 Å². The molecule has 4 nitrogen and oxygen atoms in total. The lowest BCUT2D eigenvalue weighted by Crippen LogP contribution is -2.31. The van der Waals surface area contributed by atoms with Gasteiger partial charge in [-0.3, -0.25) is 0 Å². The summed E-state index contributed by atoms with van der Waals surface area (Å²) in [6, 6.07) is 6.16. The maximum atomic E-state index is 6.33. The number of fused-ring (bicyclic) bond motifs is 1. The topological polar surface area (TPSA) is 56.5 Å². The van der Waals surface area contributed by atoms with E-state index in [4.69, 9.17) is 15.2 Å². The Balaban J connectivity index is 1.67. The van der Waals surface area contributed by atoms with E-state index in [1.165, 1.54) is 12.8 Å². The molecular weight excluding hydrogens is 240 g/mol. The summed E-state index contributed by atoms with van der Waals surface area (Å²) < 4.78 is 11.1.